The normalized spacial score (nSPS) is 36.8. The minimum atomic E-state index is -1.09. The molecule has 2 unspecified atom stereocenters. The molecule has 3 saturated carbocycles. The van der Waals surface area contributed by atoms with Crippen molar-refractivity contribution in [3.63, 3.8) is 0 Å². The van der Waals surface area contributed by atoms with E-state index in [1.165, 1.54) is 51.0 Å². The highest BCUT2D eigenvalue weighted by molar-refractivity contribution is 6.02. The predicted octanol–water partition coefficient (Wildman–Crippen LogP) is 6.84. The third-order valence-corrected chi connectivity index (χ3v) is 9.65. The first-order valence-electron chi connectivity index (χ1n) is 12.6. The van der Waals surface area contributed by atoms with Crippen LogP contribution in [0.3, 0.4) is 0 Å². The monoisotopic (exact) mass is 440 g/mol. The van der Waals surface area contributed by atoms with Gasteiger partial charge >= 0.3 is 11.9 Å². The summed E-state index contributed by atoms with van der Waals surface area (Å²) in [6.07, 6.45) is 10.2. The van der Waals surface area contributed by atoms with Crippen molar-refractivity contribution >= 4 is 11.9 Å². The molecule has 4 heteroatoms. The predicted molar refractivity (Wildman–Crippen MR) is 126 cm³/mol. The van der Waals surface area contributed by atoms with Gasteiger partial charge in [0, 0.05) is 5.41 Å². The van der Waals surface area contributed by atoms with Gasteiger partial charge in [-0.3, -0.25) is 0 Å². The summed E-state index contributed by atoms with van der Waals surface area (Å²) in [5.74, 6) is 2.26. The number of carboxylic acid groups (broad SMARTS) is 1. The lowest BCUT2D eigenvalue weighted by Crippen LogP contribution is -2.55. The maximum atomic E-state index is 12.8. The van der Waals surface area contributed by atoms with Crippen molar-refractivity contribution < 1.29 is 19.4 Å². The zero-order chi connectivity index (χ0) is 23.1. The molecule has 0 spiro atoms. The Kier molecular flexibility index (Phi) is 6.44. The smallest absolute Gasteiger partial charge is 0.339 e. The number of carboxylic acids is 1. The Hall–Kier alpha value is -1.84. The molecule has 3 aliphatic carbocycles. The van der Waals surface area contributed by atoms with Gasteiger partial charge in [-0.05, 0) is 92.1 Å². The van der Waals surface area contributed by atoms with E-state index in [1.807, 2.05) is 0 Å². The lowest BCUT2D eigenvalue weighted by Gasteiger charge is -2.61. The second kappa shape index (κ2) is 8.83. The molecular formula is C28H40O4. The van der Waals surface area contributed by atoms with Crippen molar-refractivity contribution in [2.45, 2.75) is 79.1 Å². The molecule has 0 aliphatic heterocycles. The van der Waals surface area contributed by atoms with Gasteiger partial charge in [0.1, 0.15) is 0 Å². The molecule has 0 radical (unpaired) electrons. The molecule has 0 aromatic heterocycles. The summed E-state index contributed by atoms with van der Waals surface area (Å²) < 4.78 is 5.84. The second-order valence-corrected chi connectivity index (χ2v) is 11.8. The zero-order valence-electron chi connectivity index (χ0n) is 20.2. The van der Waals surface area contributed by atoms with E-state index in [-0.39, 0.29) is 16.5 Å². The maximum absolute atomic E-state index is 12.8. The molecule has 3 fully saturated rings. The van der Waals surface area contributed by atoms with Gasteiger partial charge in [-0.15, -0.1) is 0 Å². The first-order valence-corrected chi connectivity index (χ1v) is 12.6. The Balaban J connectivity index is 1.49. The Morgan fingerprint density at radius 2 is 1.78 bits per heavy atom. The highest BCUT2D eigenvalue weighted by atomic mass is 16.5. The summed E-state index contributed by atoms with van der Waals surface area (Å²) in [4.78, 5) is 24.4. The molecule has 6 atom stereocenters. The number of esters is 1. The number of carbonyl (C=O) groups is 2. The third kappa shape index (κ3) is 4.10. The van der Waals surface area contributed by atoms with Crippen LogP contribution in [0, 0.1) is 40.4 Å². The summed E-state index contributed by atoms with van der Waals surface area (Å²) in [5, 5.41) is 9.43. The number of fused-ring (bicyclic) bond motifs is 3. The van der Waals surface area contributed by atoms with Crippen LogP contribution in [0.25, 0.3) is 0 Å². The van der Waals surface area contributed by atoms with Crippen molar-refractivity contribution in [1.29, 1.82) is 0 Å². The van der Waals surface area contributed by atoms with Crippen LogP contribution in [0.5, 0.6) is 0 Å². The molecule has 3 aliphatic rings. The van der Waals surface area contributed by atoms with Crippen LogP contribution < -0.4 is 0 Å². The van der Waals surface area contributed by atoms with Gasteiger partial charge in [-0.2, -0.15) is 0 Å². The van der Waals surface area contributed by atoms with Crippen LogP contribution in [0.2, 0.25) is 0 Å². The zero-order valence-corrected chi connectivity index (χ0v) is 20.2. The summed E-state index contributed by atoms with van der Waals surface area (Å²) in [6, 6.07) is 6.35. The molecule has 32 heavy (non-hydrogen) atoms. The van der Waals surface area contributed by atoms with Crippen LogP contribution >= 0.6 is 0 Å². The van der Waals surface area contributed by atoms with Gasteiger partial charge in [0.2, 0.25) is 0 Å². The van der Waals surface area contributed by atoms with E-state index in [2.05, 4.69) is 27.7 Å². The fraction of sp³-hybridized carbons (Fsp3) is 0.714. The number of carbonyl (C=O) groups excluding carboxylic acids is 1. The van der Waals surface area contributed by atoms with Crippen LogP contribution in [-0.2, 0) is 4.74 Å². The molecule has 1 N–H and O–H groups in total. The van der Waals surface area contributed by atoms with E-state index in [1.54, 1.807) is 18.2 Å². The van der Waals surface area contributed by atoms with Crippen LogP contribution in [0.1, 0.15) is 99.8 Å². The summed E-state index contributed by atoms with van der Waals surface area (Å²) >= 11 is 0. The molecule has 0 saturated heterocycles. The van der Waals surface area contributed by atoms with E-state index in [4.69, 9.17) is 4.74 Å². The Bertz CT molecular complexity index is 861. The van der Waals surface area contributed by atoms with Crippen molar-refractivity contribution in [2.75, 3.05) is 6.61 Å². The van der Waals surface area contributed by atoms with E-state index < -0.39 is 11.9 Å². The lowest BCUT2D eigenvalue weighted by molar-refractivity contribution is -0.136. The van der Waals surface area contributed by atoms with Gasteiger partial charge in [-0.25, -0.2) is 9.59 Å². The Morgan fingerprint density at radius 1 is 1.06 bits per heavy atom. The highest BCUT2D eigenvalue weighted by Gasteiger charge is 2.57. The largest absolute Gasteiger partial charge is 0.478 e. The van der Waals surface area contributed by atoms with E-state index in [0.29, 0.717) is 17.9 Å². The molecule has 4 rings (SSSR count). The average Bonchev–Trinajstić information content (AvgIpc) is 2.77. The van der Waals surface area contributed by atoms with Gasteiger partial charge < -0.3 is 9.84 Å². The SMILES string of the molecule is CC(C)C1CC[C@@H]2C(CC[C@@H]3[C@](C)(COC(=O)c4ccccc4C(=O)O)CCC[C@@]23C)C1. The fourth-order valence-corrected chi connectivity index (χ4v) is 7.94. The van der Waals surface area contributed by atoms with E-state index in [9.17, 15) is 14.7 Å². The molecule has 0 bridgehead atoms. The molecule has 1 aromatic carbocycles. The first-order chi connectivity index (χ1) is 15.2. The highest BCUT2D eigenvalue weighted by Crippen LogP contribution is 2.64. The third-order valence-electron chi connectivity index (χ3n) is 9.65. The number of aromatic carboxylic acids is 1. The molecule has 1 aromatic rings. The molecular weight excluding hydrogens is 400 g/mol. The van der Waals surface area contributed by atoms with Crippen molar-refractivity contribution in [3.05, 3.63) is 35.4 Å². The quantitative estimate of drug-likeness (QED) is 0.509. The summed E-state index contributed by atoms with van der Waals surface area (Å²) in [7, 11) is 0. The first kappa shape index (κ1) is 23.3. The van der Waals surface area contributed by atoms with Gasteiger partial charge in [0.05, 0.1) is 17.7 Å². The number of hydrogen-bond acceptors (Lipinski definition) is 3. The number of rotatable bonds is 5. The standard InChI is InChI=1S/C28H40O4/c1-18(2)19-10-12-23-20(16-19)11-13-24-27(3,14-7-15-28(23,24)4)17-32-26(31)22-9-6-5-8-21(22)25(29)30/h5-6,8-9,18-20,23-24H,7,10-17H2,1-4H3,(H,29,30)/t19?,20?,23-,24-,27+,28+/m1/s1. The van der Waals surface area contributed by atoms with Crippen molar-refractivity contribution in [2.24, 2.45) is 40.4 Å². The fourth-order valence-electron chi connectivity index (χ4n) is 7.94. The van der Waals surface area contributed by atoms with Crippen molar-refractivity contribution in [1.82, 2.24) is 0 Å². The Morgan fingerprint density at radius 3 is 2.47 bits per heavy atom. The van der Waals surface area contributed by atoms with E-state index >= 15 is 0 Å². The summed E-state index contributed by atoms with van der Waals surface area (Å²) in [6.45, 7) is 9.99. The lowest BCUT2D eigenvalue weighted by atomic mass is 9.44. The number of benzene rings is 1. The van der Waals surface area contributed by atoms with Gasteiger partial charge in [0.25, 0.3) is 0 Å². The number of hydrogen-bond donors (Lipinski definition) is 1. The minimum Gasteiger partial charge on any atom is -0.478 e. The van der Waals surface area contributed by atoms with E-state index in [0.717, 1.165) is 30.1 Å². The van der Waals surface area contributed by atoms with Crippen LogP contribution in [0.4, 0.5) is 0 Å². The number of ether oxygens (including phenoxy) is 1. The van der Waals surface area contributed by atoms with Crippen molar-refractivity contribution in [3.8, 4) is 0 Å². The Labute approximate surface area is 193 Å². The average molecular weight is 441 g/mol. The topological polar surface area (TPSA) is 63.6 Å². The summed E-state index contributed by atoms with van der Waals surface area (Å²) in [5.41, 5.74) is 0.445. The molecule has 0 heterocycles. The van der Waals surface area contributed by atoms with Crippen LogP contribution in [-0.4, -0.2) is 23.7 Å². The minimum absolute atomic E-state index is 0.0126. The van der Waals surface area contributed by atoms with Gasteiger partial charge in [-0.1, -0.05) is 46.2 Å². The molecule has 176 valence electrons. The molecule has 4 nitrogen and oxygen atoms in total. The maximum Gasteiger partial charge on any atom is 0.339 e. The van der Waals surface area contributed by atoms with Crippen LogP contribution in [0.15, 0.2) is 24.3 Å². The van der Waals surface area contributed by atoms with Gasteiger partial charge in [0.15, 0.2) is 0 Å². The second-order valence-electron chi connectivity index (χ2n) is 11.8. The molecule has 0 amide bonds.